The van der Waals surface area contributed by atoms with E-state index in [0.717, 1.165) is 5.75 Å². The molecule has 0 spiro atoms. The molecular weight excluding hydrogens is 466 g/mol. The minimum Gasteiger partial charge on any atom is -0.497 e. The second kappa shape index (κ2) is 10.3. The average Bonchev–Trinajstić information content (AvgIpc) is 3.42. The monoisotopic (exact) mass is 485 g/mol. The van der Waals surface area contributed by atoms with Crippen molar-refractivity contribution in [2.24, 2.45) is 0 Å². The molecule has 12 heteroatoms. The molecule has 2 aromatic carbocycles. The summed E-state index contributed by atoms with van der Waals surface area (Å²) in [5, 5.41) is 15.5. The Balaban J connectivity index is 1.31. The van der Waals surface area contributed by atoms with E-state index in [1.54, 1.807) is 48.0 Å². The van der Waals surface area contributed by atoms with Crippen LogP contribution < -0.4 is 14.8 Å². The highest BCUT2D eigenvalue weighted by Crippen LogP contribution is 2.25. The maximum Gasteiger partial charge on any atom is 0.337 e. The molecule has 0 saturated carbocycles. The number of fused-ring (bicyclic) bond motifs is 1. The van der Waals surface area contributed by atoms with Crippen molar-refractivity contribution in [1.82, 2.24) is 19.8 Å². The van der Waals surface area contributed by atoms with Gasteiger partial charge in [0.1, 0.15) is 18.1 Å². The molecule has 33 heavy (non-hydrogen) atoms. The van der Waals surface area contributed by atoms with E-state index in [9.17, 15) is 9.59 Å². The number of nitrogens with zero attached hydrogens (tertiary/aromatic N) is 4. The van der Waals surface area contributed by atoms with Gasteiger partial charge in [0.2, 0.25) is 10.9 Å². The number of aromatic nitrogens is 4. The topological polar surface area (TPSA) is 117 Å². The number of anilines is 1. The number of benzene rings is 2. The normalized spacial score (nSPS) is 10.7. The van der Waals surface area contributed by atoms with Crippen molar-refractivity contribution in [3.05, 3.63) is 59.9 Å². The van der Waals surface area contributed by atoms with Gasteiger partial charge in [-0.25, -0.2) is 4.79 Å². The van der Waals surface area contributed by atoms with Crippen molar-refractivity contribution in [2.75, 3.05) is 25.3 Å². The lowest BCUT2D eigenvalue weighted by atomic mass is 10.2. The van der Waals surface area contributed by atoms with Gasteiger partial charge in [0, 0.05) is 5.69 Å². The standard InChI is InChI=1S/C21H19N5O5S2/c1-29-15-7-9-16(10-8-15)31-11-17-23-24-20-26(17)25-21(33-20)32-12-18(27)22-14-5-3-13(4-6-14)19(28)30-2/h3-10H,11-12H2,1-2H3,(H,22,27). The number of ether oxygens (including phenoxy) is 3. The minimum atomic E-state index is -0.430. The Kier molecular flexibility index (Phi) is 7.05. The molecule has 10 nitrogen and oxygen atoms in total. The van der Waals surface area contributed by atoms with Crippen LogP contribution >= 0.6 is 23.1 Å². The lowest BCUT2D eigenvalue weighted by Gasteiger charge is -2.05. The van der Waals surface area contributed by atoms with Crippen molar-refractivity contribution in [3.63, 3.8) is 0 Å². The van der Waals surface area contributed by atoms with Gasteiger partial charge in [-0.3, -0.25) is 4.79 Å². The van der Waals surface area contributed by atoms with Crippen molar-refractivity contribution >= 4 is 45.6 Å². The zero-order chi connectivity index (χ0) is 23.2. The Morgan fingerprint density at radius 1 is 1.03 bits per heavy atom. The third kappa shape index (κ3) is 5.59. The fourth-order valence-corrected chi connectivity index (χ4v) is 4.44. The second-order valence-electron chi connectivity index (χ2n) is 6.55. The number of hydrogen-bond acceptors (Lipinski definition) is 10. The van der Waals surface area contributed by atoms with Gasteiger partial charge in [-0.05, 0) is 48.5 Å². The molecule has 0 unspecified atom stereocenters. The number of hydrogen-bond donors (Lipinski definition) is 1. The van der Waals surface area contributed by atoms with Gasteiger partial charge in [-0.1, -0.05) is 23.1 Å². The van der Waals surface area contributed by atoms with Crippen LogP contribution in [0.5, 0.6) is 11.5 Å². The molecule has 0 saturated heterocycles. The Morgan fingerprint density at radius 3 is 2.45 bits per heavy atom. The number of esters is 1. The fourth-order valence-electron chi connectivity index (χ4n) is 2.74. The van der Waals surface area contributed by atoms with Crippen molar-refractivity contribution in [3.8, 4) is 11.5 Å². The SMILES string of the molecule is COC(=O)c1ccc(NC(=O)CSc2nn3c(COc4ccc(OC)cc4)nnc3s2)cc1. The van der Waals surface area contributed by atoms with Gasteiger partial charge in [-0.2, -0.15) is 4.52 Å². The smallest absolute Gasteiger partial charge is 0.337 e. The molecule has 0 aliphatic rings. The minimum absolute atomic E-state index is 0.167. The van der Waals surface area contributed by atoms with E-state index in [0.29, 0.717) is 32.1 Å². The molecule has 0 radical (unpaired) electrons. The number of carbonyl (C=O) groups is 2. The van der Waals surface area contributed by atoms with Gasteiger partial charge in [-0.15, -0.1) is 15.3 Å². The highest BCUT2D eigenvalue weighted by molar-refractivity contribution is 8.01. The number of amides is 1. The van der Waals surface area contributed by atoms with E-state index in [1.165, 1.54) is 30.2 Å². The number of rotatable bonds is 9. The summed E-state index contributed by atoms with van der Waals surface area (Å²) >= 11 is 2.63. The number of methoxy groups -OCH3 is 2. The quantitative estimate of drug-likeness (QED) is 0.281. The maximum atomic E-state index is 12.3. The number of thioether (sulfide) groups is 1. The van der Waals surface area contributed by atoms with E-state index < -0.39 is 5.97 Å². The predicted octanol–water partition coefficient (Wildman–Crippen LogP) is 3.29. The van der Waals surface area contributed by atoms with Crippen LogP contribution in [0.25, 0.3) is 4.96 Å². The third-order valence-electron chi connectivity index (χ3n) is 4.38. The Labute approximate surface area is 196 Å². The summed E-state index contributed by atoms with van der Waals surface area (Å²) in [6.07, 6.45) is 0. The third-order valence-corrected chi connectivity index (χ3v) is 6.41. The first-order valence-corrected chi connectivity index (χ1v) is 11.4. The summed E-state index contributed by atoms with van der Waals surface area (Å²) < 4.78 is 17.8. The van der Waals surface area contributed by atoms with Gasteiger partial charge in [0.25, 0.3) is 0 Å². The molecule has 170 valence electrons. The molecule has 4 rings (SSSR count). The maximum absolute atomic E-state index is 12.3. The first-order chi connectivity index (χ1) is 16.1. The number of nitrogens with one attached hydrogen (secondary N) is 1. The lowest BCUT2D eigenvalue weighted by Crippen LogP contribution is -2.14. The van der Waals surface area contributed by atoms with Crippen molar-refractivity contribution < 1.29 is 23.8 Å². The molecule has 0 aliphatic heterocycles. The fraction of sp³-hybridized carbons (Fsp3) is 0.190. The van der Waals surface area contributed by atoms with Crippen LogP contribution in [0.4, 0.5) is 5.69 Å². The van der Waals surface area contributed by atoms with E-state index in [1.807, 2.05) is 12.1 Å². The highest BCUT2D eigenvalue weighted by Gasteiger charge is 2.14. The molecule has 2 heterocycles. The largest absolute Gasteiger partial charge is 0.497 e. The zero-order valence-corrected chi connectivity index (χ0v) is 19.3. The molecule has 0 bridgehead atoms. The van der Waals surface area contributed by atoms with Crippen LogP contribution in [0.15, 0.2) is 52.9 Å². The van der Waals surface area contributed by atoms with Gasteiger partial charge < -0.3 is 19.5 Å². The van der Waals surface area contributed by atoms with E-state index in [-0.39, 0.29) is 18.3 Å². The first-order valence-electron chi connectivity index (χ1n) is 9.64. The lowest BCUT2D eigenvalue weighted by molar-refractivity contribution is -0.113. The summed E-state index contributed by atoms with van der Waals surface area (Å²) in [6.45, 7) is 0.198. The molecule has 0 atom stereocenters. The summed E-state index contributed by atoms with van der Waals surface area (Å²) in [4.78, 5) is 24.4. The summed E-state index contributed by atoms with van der Waals surface area (Å²) in [5.74, 6) is 1.52. The van der Waals surface area contributed by atoms with Gasteiger partial charge in [0.05, 0.1) is 25.5 Å². The first kappa shape index (κ1) is 22.6. The van der Waals surface area contributed by atoms with Crippen LogP contribution in [0.2, 0.25) is 0 Å². The molecule has 0 fully saturated rings. The highest BCUT2D eigenvalue weighted by atomic mass is 32.2. The molecule has 0 aliphatic carbocycles. The van der Waals surface area contributed by atoms with Crippen LogP contribution in [0.1, 0.15) is 16.2 Å². The van der Waals surface area contributed by atoms with Crippen molar-refractivity contribution in [1.29, 1.82) is 0 Å². The van der Waals surface area contributed by atoms with E-state index >= 15 is 0 Å². The summed E-state index contributed by atoms with van der Waals surface area (Å²) in [7, 11) is 2.92. The van der Waals surface area contributed by atoms with Crippen LogP contribution in [-0.4, -0.2) is 51.7 Å². The summed E-state index contributed by atoms with van der Waals surface area (Å²) in [5.41, 5.74) is 1.00. The van der Waals surface area contributed by atoms with Crippen LogP contribution in [0, 0.1) is 0 Å². The Morgan fingerprint density at radius 2 is 1.76 bits per heavy atom. The molecule has 1 N–H and O–H groups in total. The van der Waals surface area contributed by atoms with Crippen molar-refractivity contribution in [2.45, 2.75) is 10.9 Å². The Hall–Kier alpha value is -3.64. The zero-order valence-electron chi connectivity index (χ0n) is 17.7. The van der Waals surface area contributed by atoms with E-state index in [4.69, 9.17) is 9.47 Å². The van der Waals surface area contributed by atoms with Gasteiger partial charge in [0.15, 0.2) is 10.2 Å². The molecule has 4 aromatic rings. The summed E-state index contributed by atoms with van der Waals surface area (Å²) in [6, 6.07) is 13.7. The van der Waals surface area contributed by atoms with Crippen LogP contribution in [-0.2, 0) is 16.1 Å². The average molecular weight is 486 g/mol. The second-order valence-corrected chi connectivity index (χ2v) is 8.73. The van der Waals surface area contributed by atoms with E-state index in [2.05, 4.69) is 25.3 Å². The molecule has 2 aromatic heterocycles. The van der Waals surface area contributed by atoms with Gasteiger partial charge >= 0.3 is 5.97 Å². The molecular formula is C21H19N5O5S2. The predicted molar refractivity (Wildman–Crippen MR) is 123 cm³/mol. The van der Waals surface area contributed by atoms with Crippen LogP contribution in [0.3, 0.4) is 0 Å². The Bertz CT molecular complexity index is 1250. The number of carbonyl (C=O) groups excluding carboxylic acids is 2. The molecule has 1 amide bonds.